The highest BCUT2D eigenvalue weighted by Crippen LogP contribution is 2.34. The molecule has 13 heavy (non-hydrogen) atoms. The molecule has 0 saturated carbocycles. The van der Waals surface area contributed by atoms with Crippen LogP contribution in [0.4, 0.5) is 4.39 Å². The fraction of sp³-hybridized carbons (Fsp3) is 0.200. The Hall–Kier alpha value is -1.09. The van der Waals surface area contributed by atoms with E-state index in [1.165, 1.54) is 11.3 Å². The van der Waals surface area contributed by atoms with Crippen LogP contribution >= 0.6 is 11.3 Å². The third kappa shape index (κ3) is 1.20. The van der Waals surface area contributed by atoms with E-state index in [2.05, 4.69) is 0 Å². The lowest BCUT2D eigenvalue weighted by atomic mass is 10.1. The third-order valence-electron chi connectivity index (χ3n) is 2.11. The Labute approximate surface area is 79.4 Å². The summed E-state index contributed by atoms with van der Waals surface area (Å²) in [6, 6.07) is 3.68. The Morgan fingerprint density at radius 2 is 2.31 bits per heavy atom. The van der Waals surface area contributed by atoms with Gasteiger partial charge in [-0.25, -0.2) is 4.39 Å². The Morgan fingerprint density at radius 1 is 1.54 bits per heavy atom. The van der Waals surface area contributed by atoms with E-state index in [0.717, 1.165) is 5.39 Å². The van der Waals surface area contributed by atoms with Crippen molar-refractivity contribution in [2.45, 2.75) is 13.3 Å². The van der Waals surface area contributed by atoms with Gasteiger partial charge in [0.2, 0.25) is 0 Å². The predicted molar refractivity (Wildman–Crippen MR) is 52.8 cm³/mol. The summed E-state index contributed by atoms with van der Waals surface area (Å²) in [6.07, 6.45) is 0.602. The van der Waals surface area contributed by atoms with Gasteiger partial charge in [-0.3, -0.25) is 0 Å². The number of hydrogen-bond acceptors (Lipinski definition) is 2. The minimum Gasteiger partial charge on any atom is -0.504 e. The minimum atomic E-state index is -0.475. The minimum absolute atomic E-state index is 0.204. The van der Waals surface area contributed by atoms with Gasteiger partial charge in [0.05, 0.1) is 4.70 Å². The molecule has 0 atom stereocenters. The molecule has 3 heteroatoms. The van der Waals surface area contributed by atoms with E-state index >= 15 is 0 Å². The van der Waals surface area contributed by atoms with Gasteiger partial charge in [-0.1, -0.05) is 6.92 Å². The fourth-order valence-electron chi connectivity index (χ4n) is 1.39. The molecule has 0 radical (unpaired) electrons. The lowest BCUT2D eigenvalue weighted by Crippen LogP contribution is -1.87. The van der Waals surface area contributed by atoms with Gasteiger partial charge in [0.1, 0.15) is 0 Å². The Morgan fingerprint density at radius 3 is 3.00 bits per heavy atom. The second-order valence-corrected chi connectivity index (χ2v) is 3.81. The van der Waals surface area contributed by atoms with Crippen LogP contribution in [0.5, 0.6) is 5.75 Å². The summed E-state index contributed by atoms with van der Waals surface area (Å²) in [4.78, 5) is 0. The monoisotopic (exact) mass is 196 g/mol. The van der Waals surface area contributed by atoms with E-state index in [9.17, 15) is 9.50 Å². The molecule has 0 fully saturated rings. The largest absolute Gasteiger partial charge is 0.504 e. The maximum Gasteiger partial charge on any atom is 0.169 e. The average molecular weight is 196 g/mol. The predicted octanol–water partition coefficient (Wildman–Crippen LogP) is 3.31. The normalized spacial score (nSPS) is 10.9. The van der Waals surface area contributed by atoms with Crippen molar-refractivity contribution >= 4 is 21.4 Å². The van der Waals surface area contributed by atoms with Crippen LogP contribution < -0.4 is 0 Å². The number of fused-ring (bicyclic) bond motifs is 1. The van der Waals surface area contributed by atoms with Gasteiger partial charge >= 0.3 is 0 Å². The Balaban J connectivity index is 2.83. The first-order chi connectivity index (χ1) is 6.24. The lowest BCUT2D eigenvalue weighted by Gasteiger charge is -2.02. The molecule has 0 amide bonds. The van der Waals surface area contributed by atoms with E-state index in [0.29, 0.717) is 16.7 Å². The number of phenols is 1. The highest BCUT2D eigenvalue weighted by Gasteiger charge is 2.11. The number of thiophene rings is 1. The van der Waals surface area contributed by atoms with Crippen molar-refractivity contribution in [2.24, 2.45) is 0 Å². The smallest absolute Gasteiger partial charge is 0.169 e. The molecule has 1 aromatic heterocycles. The molecule has 0 saturated heterocycles. The van der Waals surface area contributed by atoms with Gasteiger partial charge in [-0.2, -0.15) is 0 Å². The summed E-state index contributed by atoms with van der Waals surface area (Å²) in [7, 11) is 0. The topological polar surface area (TPSA) is 20.2 Å². The molecular weight excluding hydrogens is 187 g/mol. The summed E-state index contributed by atoms with van der Waals surface area (Å²) in [5.41, 5.74) is 0.573. The first-order valence-electron chi connectivity index (χ1n) is 4.11. The molecule has 1 nitrogen and oxygen atoms in total. The zero-order valence-corrected chi connectivity index (χ0v) is 7.99. The van der Waals surface area contributed by atoms with Crippen molar-refractivity contribution in [1.82, 2.24) is 0 Å². The fourth-order valence-corrected chi connectivity index (χ4v) is 2.20. The van der Waals surface area contributed by atoms with Gasteiger partial charge in [-0.05, 0) is 34.9 Å². The molecule has 2 rings (SSSR count). The Bertz CT molecular complexity index is 447. The molecule has 1 aromatic carbocycles. The van der Waals surface area contributed by atoms with Crippen molar-refractivity contribution in [1.29, 1.82) is 0 Å². The molecule has 0 bridgehead atoms. The number of aryl methyl sites for hydroxylation is 1. The van der Waals surface area contributed by atoms with Crippen molar-refractivity contribution < 1.29 is 9.50 Å². The van der Waals surface area contributed by atoms with Crippen molar-refractivity contribution in [3.05, 3.63) is 28.9 Å². The SMILES string of the molecule is CCc1cc2ccsc2c(O)c1F. The molecule has 1 heterocycles. The molecule has 0 aliphatic heterocycles. The average Bonchev–Trinajstić information content (AvgIpc) is 2.59. The van der Waals surface area contributed by atoms with Crippen LogP contribution in [0.3, 0.4) is 0 Å². The first kappa shape index (κ1) is 8.51. The first-order valence-corrected chi connectivity index (χ1v) is 4.99. The van der Waals surface area contributed by atoms with E-state index in [1.54, 1.807) is 6.07 Å². The zero-order valence-electron chi connectivity index (χ0n) is 7.17. The molecule has 0 aliphatic rings. The lowest BCUT2D eigenvalue weighted by molar-refractivity contribution is 0.436. The number of phenolic OH excluding ortho intramolecular Hbond substituents is 1. The molecular formula is C10H9FOS. The van der Waals surface area contributed by atoms with Crippen LogP contribution in [0.2, 0.25) is 0 Å². The summed E-state index contributed by atoms with van der Waals surface area (Å²) in [5.74, 6) is -0.679. The second-order valence-electron chi connectivity index (χ2n) is 2.89. The van der Waals surface area contributed by atoms with E-state index < -0.39 is 5.82 Å². The van der Waals surface area contributed by atoms with Crippen molar-refractivity contribution in [2.75, 3.05) is 0 Å². The van der Waals surface area contributed by atoms with Gasteiger partial charge in [-0.15, -0.1) is 11.3 Å². The Kier molecular flexibility index (Phi) is 1.96. The molecule has 0 spiro atoms. The van der Waals surface area contributed by atoms with Crippen LogP contribution in [-0.4, -0.2) is 5.11 Å². The van der Waals surface area contributed by atoms with E-state index in [-0.39, 0.29) is 5.75 Å². The van der Waals surface area contributed by atoms with Crippen LogP contribution in [-0.2, 0) is 6.42 Å². The molecule has 2 aromatic rings. The van der Waals surface area contributed by atoms with Crippen LogP contribution in [0.15, 0.2) is 17.5 Å². The second kappa shape index (κ2) is 3.00. The van der Waals surface area contributed by atoms with Crippen molar-refractivity contribution in [3.8, 4) is 5.75 Å². The zero-order chi connectivity index (χ0) is 9.42. The van der Waals surface area contributed by atoms with Gasteiger partial charge < -0.3 is 5.11 Å². The van der Waals surface area contributed by atoms with Crippen LogP contribution in [0.25, 0.3) is 10.1 Å². The number of hydrogen-bond donors (Lipinski definition) is 1. The maximum absolute atomic E-state index is 13.4. The maximum atomic E-state index is 13.4. The van der Waals surface area contributed by atoms with Gasteiger partial charge in [0, 0.05) is 0 Å². The van der Waals surface area contributed by atoms with Gasteiger partial charge in [0.15, 0.2) is 11.6 Å². The number of benzene rings is 1. The summed E-state index contributed by atoms with van der Waals surface area (Å²) in [5, 5.41) is 12.3. The third-order valence-corrected chi connectivity index (χ3v) is 3.05. The van der Waals surface area contributed by atoms with Crippen LogP contribution in [0.1, 0.15) is 12.5 Å². The number of aromatic hydroxyl groups is 1. The molecule has 68 valence electrons. The van der Waals surface area contributed by atoms with Crippen LogP contribution in [0, 0.1) is 5.82 Å². The highest BCUT2D eigenvalue weighted by atomic mass is 32.1. The standard InChI is InChI=1S/C10H9FOS/c1-2-6-5-7-3-4-13-10(7)9(12)8(6)11/h3-5,12H,2H2,1H3. The quantitative estimate of drug-likeness (QED) is 0.741. The van der Waals surface area contributed by atoms with E-state index in [1.807, 2.05) is 18.4 Å². The molecule has 1 N–H and O–H groups in total. The van der Waals surface area contributed by atoms with Gasteiger partial charge in [0.25, 0.3) is 0 Å². The summed E-state index contributed by atoms with van der Waals surface area (Å²) >= 11 is 1.36. The molecule has 0 unspecified atom stereocenters. The number of rotatable bonds is 1. The molecule has 0 aliphatic carbocycles. The highest BCUT2D eigenvalue weighted by molar-refractivity contribution is 7.17. The van der Waals surface area contributed by atoms with Crippen molar-refractivity contribution in [3.63, 3.8) is 0 Å². The summed E-state index contributed by atoms with van der Waals surface area (Å²) < 4.78 is 14.0. The summed E-state index contributed by atoms with van der Waals surface area (Å²) in [6.45, 7) is 1.87. The van der Waals surface area contributed by atoms with E-state index in [4.69, 9.17) is 0 Å². The number of halogens is 1.